The number of nitrogens with zero attached hydrogens (tertiary/aromatic N) is 2. The van der Waals surface area contributed by atoms with Gasteiger partial charge >= 0.3 is 5.97 Å². The number of hydrogen-bond donors (Lipinski definition) is 0. The maximum absolute atomic E-state index is 11.8. The van der Waals surface area contributed by atoms with E-state index in [-0.39, 0.29) is 12.5 Å². The maximum Gasteiger partial charge on any atom is 0.331 e. The van der Waals surface area contributed by atoms with Crippen molar-refractivity contribution in [3.8, 4) is 17.1 Å². The zero-order valence-electron chi connectivity index (χ0n) is 14.3. The zero-order valence-corrected chi connectivity index (χ0v) is 14.3. The van der Waals surface area contributed by atoms with E-state index >= 15 is 0 Å². The molecule has 0 aliphatic rings. The van der Waals surface area contributed by atoms with Gasteiger partial charge in [-0.2, -0.15) is 4.98 Å². The molecule has 3 rings (SSSR count). The number of carbonyl (C=O) groups excluding carboxylic acids is 1. The van der Waals surface area contributed by atoms with E-state index in [0.717, 1.165) is 16.9 Å². The molecule has 0 radical (unpaired) electrons. The molecule has 0 bridgehead atoms. The van der Waals surface area contributed by atoms with E-state index in [1.807, 2.05) is 61.5 Å². The third-order valence-electron chi connectivity index (χ3n) is 3.44. The van der Waals surface area contributed by atoms with Crippen LogP contribution >= 0.6 is 0 Å². The monoisotopic (exact) mass is 350 g/mol. The minimum Gasteiger partial charge on any atom is -0.494 e. The summed E-state index contributed by atoms with van der Waals surface area (Å²) in [6, 6.07) is 16.8. The first-order valence-electron chi connectivity index (χ1n) is 8.20. The summed E-state index contributed by atoms with van der Waals surface area (Å²) in [5.74, 6) is 1.00. The lowest BCUT2D eigenvalue weighted by molar-refractivity contribution is -0.139. The summed E-state index contributed by atoms with van der Waals surface area (Å²) in [5.41, 5.74) is 1.71. The van der Waals surface area contributed by atoms with E-state index in [2.05, 4.69) is 10.1 Å². The third-order valence-corrected chi connectivity index (χ3v) is 3.44. The normalized spacial score (nSPS) is 10.8. The maximum atomic E-state index is 11.8. The molecule has 0 saturated heterocycles. The van der Waals surface area contributed by atoms with Crippen LogP contribution in [0.5, 0.6) is 5.75 Å². The van der Waals surface area contributed by atoms with Crippen molar-refractivity contribution >= 4 is 12.0 Å². The van der Waals surface area contributed by atoms with Crippen LogP contribution in [-0.4, -0.2) is 22.7 Å². The first-order chi connectivity index (χ1) is 12.7. The van der Waals surface area contributed by atoms with Crippen molar-refractivity contribution < 1.29 is 18.8 Å². The van der Waals surface area contributed by atoms with Crippen molar-refractivity contribution in [2.75, 3.05) is 6.61 Å². The number of hydrogen-bond acceptors (Lipinski definition) is 6. The predicted molar refractivity (Wildman–Crippen MR) is 96.2 cm³/mol. The fourth-order valence-electron chi connectivity index (χ4n) is 2.21. The summed E-state index contributed by atoms with van der Waals surface area (Å²) in [5, 5.41) is 3.87. The Labute approximate surface area is 151 Å². The van der Waals surface area contributed by atoms with Gasteiger partial charge in [-0.05, 0) is 30.7 Å². The summed E-state index contributed by atoms with van der Waals surface area (Å²) >= 11 is 0. The highest BCUT2D eigenvalue weighted by Crippen LogP contribution is 2.15. The van der Waals surface area contributed by atoms with Gasteiger partial charge in [0.15, 0.2) is 6.61 Å². The molecule has 132 valence electrons. The summed E-state index contributed by atoms with van der Waals surface area (Å²) in [6.45, 7) is 2.46. The fourth-order valence-corrected chi connectivity index (χ4v) is 2.21. The lowest BCUT2D eigenvalue weighted by atomic mass is 10.2. The first kappa shape index (κ1) is 17.4. The number of carbonyl (C=O) groups is 1. The Balaban J connectivity index is 1.52. The van der Waals surface area contributed by atoms with Crippen molar-refractivity contribution in [2.24, 2.45) is 0 Å². The molecule has 0 amide bonds. The highest BCUT2D eigenvalue weighted by molar-refractivity contribution is 5.87. The molecule has 0 N–H and O–H groups in total. The van der Waals surface area contributed by atoms with E-state index in [0.29, 0.717) is 12.4 Å². The lowest BCUT2D eigenvalue weighted by Crippen LogP contribution is -2.01. The quantitative estimate of drug-likeness (QED) is 0.475. The van der Waals surface area contributed by atoms with Gasteiger partial charge in [-0.15, -0.1) is 0 Å². The van der Waals surface area contributed by atoms with E-state index in [1.165, 1.54) is 6.08 Å². The Hall–Kier alpha value is -3.41. The number of benzene rings is 2. The molecule has 26 heavy (non-hydrogen) atoms. The molecule has 0 spiro atoms. The molecule has 3 aromatic rings. The zero-order chi connectivity index (χ0) is 18.2. The average Bonchev–Trinajstić information content (AvgIpc) is 3.16. The van der Waals surface area contributed by atoms with Gasteiger partial charge in [0.1, 0.15) is 5.75 Å². The smallest absolute Gasteiger partial charge is 0.331 e. The van der Waals surface area contributed by atoms with Gasteiger partial charge in [0.2, 0.25) is 5.82 Å². The topological polar surface area (TPSA) is 74.5 Å². The highest BCUT2D eigenvalue weighted by Gasteiger charge is 2.09. The van der Waals surface area contributed by atoms with Gasteiger partial charge in [-0.1, -0.05) is 47.6 Å². The molecule has 0 aliphatic heterocycles. The Morgan fingerprint density at radius 1 is 1.12 bits per heavy atom. The Morgan fingerprint density at radius 2 is 1.88 bits per heavy atom. The van der Waals surface area contributed by atoms with E-state index in [9.17, 15) is 4.79 Å². The number of ether oxygens (including phenoxy) is 2. The van der Waals surface area contributed by atoms with Crippen LogP contribution in [0, 0.1) is 0 Å². The van der Waals surface area contributed by atoms with Crippen molar-refractivity contribution in [3.05, 3.63) is 72.1 Å². The lowest BCUT2D eigenvalue weighted by Gasteiger charge is -2.02. The number of esters is 1. The van der Waals surface area contributed by atoms with Crippen LogP contribution in [0.15, 0.2) is 65.2 Å². The van der Waals surface area contributed by atoms with Crippen LogP contribution in [0.2, 0.25) is 0 Å². The largest absolute Gasteiger partial charge is 0.494 e. The van der Waals surface area contributed by atoms with Crippen LogP contribution in [0.25, 0.3) is 17.5 Å². The van der Waals surface area contributed by atoms with Gasteiger partial charge in [0, 0.05) is 11.6 Å². The van der Waals surface area contributed by atoms with Gasteiger partial charge in [-0.3, -0.25) is 0 Å². The van der Waals surface area contributed by atoms with Crippen LogP contribution in [0.4, 0.5) is 0 Å². The SMILES string of the molecule is CCOc1ccc(/C=C/C(=O)OCc2nc(-c3ccccc3)no2)cc1. The van der Waals surface area contributed by atoms with Crippen molar-refractivity contribution in [2.45, 2.75) is 13.5 Å². The molecule has 2 aromatic carbocycles. The molecule has 1 aromatic heterocycles. The molecule has 0 fully saturated rings. The third kappa shape index (κ3) is 4.80. The Kier molecular flexibility index (Phi) is 5.77. The Bertz CT molecular complexity index is 870. The summed E-state index contributed by atoms with van der Waals surface area (Å²) in [4.78, 5) is 16.0. The van der Waals surface area contributed by atoms with Crippen LogP contribution in [0.1, 0.15) is 18.4 Å². The molecule has 6 heteroatoms. The van der Waals surface area contributed by atoms with Crippen molar-refractivity contribution in [1.82, 2.24) is 10.1 Å². The van der Waals surface area contributed by atoms with Gasteiger partial charge in [-0.25, -0.2) is 4.79 Å². The summed E-state index contributed by atoms with van der Waals surface area (Å²) < 4.78 is 15.6. The van der Waals surface area contributed by atoms with Crippen LogP contribution < -0.4 is 4.74 Å². The van der Waals surface area contributed by atoms with E-state index in [1.54, 1.807) is 6.08 Å². The van der Waals surface area contributed by atoms with Crippen LogP contribution in [-0.2, 0) is 16.1 Å². The van der Waals surface area contributed by atoms with Gasteiger partial charge in [0.05, 0.1) is 6.61 Å². The fraction of sp³-hybridized carbons (Fsp3) is 0.150. The second-order valence-corrected chi connectivity index (χ2v) is 5.32. The van der Waals surface area contributed by atoms with Crippen molar-refractivity contribution in [1.29, 1.82) is 0 Å². The molecular weight excluding hydrogens is 332 g/mol. The second kappa shape index (κ2) is 8.62. The molecule has 0 aliphatic carbocycles. The number of aromatic nitrogens is 2. The highest BCUT2D eigenvalue weighted by atomic mass is 16.6. The number of rotatable bonds is 7. The molecule has 6 nitrogen and oxygen atoms in total. The molecule has 0 atom stereocenters. The second-order valence-electron chi connectivity index (χ2n) is 5.32. The standard InChI is InChI=1S/C20H18N2O4/c1-2-24-17-11-8-15(9-12-17)10-13-19(23)25-14-18-21-20(22-26-18)16-6-4-3-5-7-16/h3-13H,2,14H2,1H3/b13-10+. The van der Waals surface area contributed by atoms with Gasteiger partial charge in [0.25, 0.3) is 5.89 Å². The first-order valence-corrected chi connectivity index (χ1v) is 8.20. The van der Waals surface area contributed by atoms with Crippen molar-refractivity contribution in [3.63, 3.8) is 0 Å². The minimum absolute atomic E-state index is 0.0771. The Morgan fingerprint density at radius 3 is 2.62 bits per heavy atom. The molecular formula is C20H18N2O4. The summed E-state index contributed by atoms with van der Waals surface area (Å²) in [6.07, 6.45) is 3.02. The van der Waals surface area contributed by atoms with E-state index in [4.69, 9.17) is 14.0 Å². The van der Waals surface area contributed by atoms with Gasteiger partial charge < -0.3 is 14.0 Å². The molecule has 0 saturated carbocycles. The van der Waals surface area contributed by atoms with E-state index < -0.39 is 5.97 Å². The predicted octanol–water partition coefficient (Wildman–Crippen LogP) is 3.89. The molecule has 1 heterocycles. The molecule has 0 unspecified atom stereocenters. The van der Waals surface area contributed by atoms with Crippen LogP contribution in [0.3, 0.4) is 0 Å². The average molecular weight is 350 g/mol. The minimum atomic E-state index is -0.488. The summed E-state index contributed by atoms with van der Waals surface area (Å²) in [7, 11) is 0.